The van der Waals surface area contributed by atoms with Crippen molar-refractivity contribution in [2.24, 2.45) is 0 Å². The predicted molar refractivity (Wildman–Crippen MR) is 71.8 cm³/mol. The monoisotopic (exact) mass is 268 g/mol. The number of amides is 2. The van der Waals surface area contributed by atoms with E-state index in [0.717, 1.165) is 32.1 Å². The lowest BCUT2D eigenvalue weighted by Crippen LogP contribution is -2.65. The Bertz CT molecular complexity index is 369. The average molecular weight is 268 g/mol. The van der Waals surface area contributed by atoms with Gasteiger partial charge in [0.2, 0.25) is 5.91 Å². The van der Waals surface area contributed by atoms with Crippen molar-refractivity contribution in [3.05, 3.63) is 0 Å². The van der Waals surface area contributed by atoms with E-state index in [1.807, 2.05) is 20.8 Å². The molecule has 2 aliphatic rings. The first-order valence-electron chi connectivity index (χ1n) is 7.14. The minimum Gasteiger partial charge on any atom is -0.444 e. The van der Waals surface area contributed by atoms with E-state index in [4.69, 9.17) is 4.74 Å². The van der Waals surface area contributed by atoms with Crippen LogP contribution in [0.4, 0.5) is 4.79 Å². The summed E-state index contributed by atoms with van der Waals surface area (Å²) in [4.78, 5) is 26.3. The topological polar surface area (TPSA) is 58.6 Å². The van der Waals surface area contributed by atoms with Crippen molar-refractivity contribution in [2.45, 2.75) is 64.0 Å². The number of ether oxygens (including phenoxy) is 1. The summed E-state index contributed by atoms with van der Waals surface area (Å²) in [5.41, 5.74) is -1.19. The first kappa shape index (κ1) is 14.2. The second kappa shape index (κ2) is 5.02. The van der Waals surface area contributed by atoms with Gasteiger partial charge in [-0.15, -0.1) is 0 Å². The maximum atomic E-state index is 12.4. The highest BCUT2D eigenvalue weighted by Gasteiger charge is 2.49. The molecule has 0 saturated carbocycles. The van der Waals surface area contributed by atoms with Crippen molar-refractivity contribution in [1.29, 1.82) is 0 Å². The third-order valence-corrected chi connectivity index (χ3v) is 3.83. The van der Waals surface area contributed by atoms with Crippen LogP contribution in [0.2, 0.25) is 0 Å². The van der Waals surface area contributed by atoms with Crippen LogP contribution >= 0.6 is 0 Å². The van der Waals surface area contributed by atoms with Crippen molar-refractivity contribution in [3.8, 4) is 0 Å². The predicted octanol–water partition coefficient (Wildman–Crippen LogP) is 2.06. The number of likely N-dealkylation sites (tertiary alicyclic amines) is 1. The molecule has 0 aromatic carbocycles. The highest BCUT2D eigenvalue weighted by atomic mass is 16.6. The molecule has 0 aromatic rings. The number of rotatable bonds is 0. The standard InChI is InChI=1S/C14H24N2O3/c1-13(2,3)19-12(18)16-10-5-4-7-14(16)8-6-9-15-11(14)17/h4-10H2,1-3H3,(H,15,17)/t14-/m1/s1. The van der Waals surface area contributed by atoms with Gasteiger partial charge in [0.15, 0.2) is 0 Å². The Morgan fingerprint density at radius 3 is 2.58 bits per heavy atom. The normalized spacial score (nSPS) is 28.2. The summed E-state index contributed by atoms with van der Waals surface area (Å²) >= 11 is 0. The van der Waals surface area contributed by atoms with Gasteiger partial charge in [-0.3, -0.25) is 9.69 Å². The maximum absolute atomic E-state index is 12.4. The maximum Gasteiger partial charge on any atom is 0.411 e. The van der Waals surface area contributed by atoms with Crippen LogP contribution < -0.4 is 5.32 Å². The molecule has 0 unspecified atom stereocenters. The smallest absolute Gasteiger partial charge is 0.411 e. The second-order valence-electron chi connectivity index (χ2n) is 6.48. The molecule has 2 rings (SSSR count). The number of hydrogen-bond donors (Lipinski definition) is 1. The van der Waals surface area contributed by atoms with Gasteiger partial charge in [0.05, 0.1) is 0 Å². The molecule has 2 saturated heterocycles. The van der Waals surface area contributed by atoms with Crippen molar-refractivity contribution >= 4 is 12.0 Å². The molecule has 0 radical (unpaired) electrons. The first-order valence-corrected chi connectivity index (χ1v) is 7.14. The molecular weight excluding hydrogens is 244 g/mol. The summed E-state index contributed by atoms with van der Waals surface area (Å²) in [6.07, 6.45) is 3.99. The molecule has 2 fully saturated rings. The summed E-state index contributed by atoms with van der Waals surface area (Å²) in [6.45, 7) is 6.87. The Morgan fingerprint density at radius 2 is 1.95 bits per heavy atom. The van der Waals surface area contributed by atoms with E-state index in [-0.39, 0.29) is 12.0 Å². The zero-order valence-electron chi connectivity index (χ0n) is 12.1. The van der Waals surface area contributed by atoms with Gasteiger partial charge < -0.3 is 10.1 Å². The summed E-state index contributed by atoms with van der Waals surface area (Å²) in [5.74, 6) is -0.00990. The number of piperidine rings is 2. The summed E-state index contributed by atoms with van der Waals surface area (Å²) < 4.78 is 5.46. The molecule has 0 aromatic heterocycles. The fourth-order valence-electron chi connectivity index (χ4n) is 2.98. The van der Waals surface area contributed by atoms with Gasteiger partial charge in [0.1, 0.15) is 11.1 Å². The van der Waals surface area contributed by atoms with E-state index in [1.165, 1.54) is 0 Å². The third kappa shape index (κ3) is 2.85. The highest BCUT2D eigenvalue weighted by molar-refractivity contribution is 5.90. The third-order valence-electron chi connectivity index (χ3n) is 3.83. The van der Waals surface area contributed by atoms with Crippen LogP contribution in [0.1, 0.15) is 52.9 Å². The van der Waals surface area contributed by atoms with Crippen LogP contribution in [0, 0.1) is 0 Å². The van der Waals surface area contributed by atoms with E-state index in [0.29, 0.717) is 13.1 Å². The van der Waals surface area contributed by atoms with E-state index in [1.54, 1.807) is 4.90 Å². The lowest BCUT2D eigenvalue weighted by atomic mass is 9.80. The van der Waals surface area contributed by atoms with Crippen molar-refractivity contribution < 1.29 is 14.3 Å². The molecule has 5 heteroatoms. The van der Waals surface area contributed by atoms with Crippen LogP contribution in [0.25, 0.3) is 0 Å². The van der Waals surface area contributed by atoms with Gasteiger partial charge in [0, 0.05) is 13.1 Å². The molecule has 19 heavy (non-hydrogen) atoms. The minimum atomic E-state index is -0.668. The summed E-state index contributed by atoms with van der Waals surface area (Å²) in [7, 11) is 0. The van der Waals surface area contributed by atoms with Crippen molar-refractivity contribution in [2.75, 3.05) is 13.1 Å². The molecule has 1 N–H and O–H groups in total. The molecular formula is C14H24N2O3. The van der Waals surface area contributed by atoms with Crippen LogP contribution in [0.5, 0.6) is 0 Å². The van der Waals surface area contributed by atoms with Crippen LogP contribution in [0.3, 0.4) is 0 Å². The molecule has 2 heterocycles. The van der Waals surface area contributed by atoms with Gasteiger partial charge in [-0.25, -0.2) is 4.79 Å². The fraction of sp³-hybridized carbons (Fsp3) is 0.857. The fourth-order valence-corrected chi connectivity index (χ4v) is 2.98. The number of nitrogens with zero attached hydrogens (tertiary/aromatic N) is 1. The minimum absolute atomic E-state index is 0.00990. The lowest BCUT2D eigenvalue weighted by Gasteiger charge is -2.47. The number of carbonyl (C=O) groups excluding carboxylic acids is 2. The first-order chi connectivity index (χ1) is 8.85. The van der Waals surface area contributed by atoms with Gasteiger partial charge in [-0.05, 0) is 52.9 Å². The molecule has 2 amide bonds. The Kier molecular flexibility index (Phi) is 3.74. The zero-order chi connectivity index (χ0) is 14.1. The Hall–Kier alpha value is -1.26. The van der Waals surface area contributed by atoms with Gasteiger partial charge in [0.25, 0.3) is 0 Å². The van der Waals surface area contributed by atoms with E-state index in [9.17, 15) is 9.59 Å². The molecule has 0 aliphatic carbocycles. The molecule has 108 valence electrons. The van der Waals surface area contributed by atoms with Gasteiger partial charge in [-0.2, -0.15) is 0 Å². The Labute approximate surface area is 114 Å². The van der Waals surface area contributed by atoms with Gasteiger partial charge in [-0.1, -0.05) is 0 Å². The van der Waals surface area contributed by atoms with Crippen LogP contribution in [0.15, 0.2) is 0 Å². The largest absolute Gasteiger partial charge is 0.444 e. The summed E-state index contributed by atoms with van der Waals surface area (Å²) in [6, 6.07) is 0. The summed E-state index contributed by atoms with van der Waals surface area (Å²) in [5, 5.41) is 2.90. The molecule has 2 aliphatic heterocycles. The molecule has 1 spiro atoms. The zero-order valence-corrected chi connectivity index (χ0v) is 12.1. The van der Waals surface area contributed by atoms with E-state index >= 15 is 0 Å². The number of carbonyl (C=O) groups is 2. The second-order valence-corrected chi connectivity index (χ2v) is 6.48. The number of nitrogens with one attached hydrogen (secondary N) is 1. The Morgan fingerprint density at radius 1 is 1.26 bits per heavy atom. The van der Waals surface area contributed by atoms with E-state index in [2.05, 4.69) is 5.32 Å². The quantitative estimate of drug-likeness (QED) is 0.731. The van der Waals surface area contributed by atoms with E-state index < -0.39 is 11.1 Å². The van der Waals surface area contributed by atoms with Crippen LogP contribution in [-0.2, 0) is 9.53 Å². The lowest BCUT2D eigenvalue weighted by molar-refractivity contribution is -0.138. The van der Waals surface area contributed by atoms with Crippen molar-refractivity contribution in [1.82, 2.24) is 10.2 Å². The molecule has 5 nitrogen and oxygen atoms in total. The van der Waals surface area contributed by atoms with Crippen molar-refractivity contribution in [3.63, 3.8) is 0 Å². The van der Waals surface area contributed by atoms with Crippen LogP contribution in [-0.4, -0.2) is 41.1 Å². The average Bonchev–Trinajstić information content (AvgIpc) is 2.31. The van der Waals surface area contributed by atoms with Gasteiger partial charge >= 0.3 is 6.09 Å². The SMILES string of the molecule is CC(C)(C)OC(=O)N1CCCC[C@]12CCCNC2=O. The Balaban J connectivity index is 2.20. The molecule has 0 bridgehead atoms. The molecule has 1 atom stereocenters. The highest BCUT2D eigenvalue weighted by Crippen LogP contribution is 2.35. The number of hydrogen-bond acceptors (Lipinski definition) is 3.